The highest BCUT2D eigenvalue weighted by Crippen LogP contribution is 2.23. The topological polar surface area (TPSA) is 43.1 Å². The number of pyridine rings is 1. The number of rotatable bonds is 0. The third kappa shape index (κ3) is 0.914. The van der Waals surface area contributed by atoms with Crippen LogP contribution in [0.2, 0.25) is 5.02 Å². The molecule has 68 valence electrons. The van der Waals surface area contributed by atoms with Crippen LogP contribution in [0.4, 0.5) is 0 Å². The van der Waals surface area contributed by atoms with Gasteiger partial charge in [-0.05, 0) is 16.5 Å². The Kier molecular flexibility index (Phi) is 1.46. The fourth-order valence-electron chi connectivity index (χ4n) is 1.51. The summed E-state index contributed by atoms with van der Waals surface area (Å²) in [4.78, 5) is 0. The summed E-state index contributed by atoms with van der Waals surface area (Å²) >= 11 is 6.08. The van der Waals surface area contributed by atoms with Crippen LogP contribution in [0, 0.1) is 0 Å². The third-order valence-corrected chi connectivity index (χ3v) is 2.45. The van der Waals surface area contributed by atoms with E-state index in [1.54, 1.807) is 10.6 Å². The van der Waals surface area contributed by atoms with Gasteiger partial charge in [0.2, 0.25) is 0 Å². The van der Waals surface area contributed by atoms with E-state index >= 15 is 0 Å². The van der Waals surface area contributed by atoms with E-state index in [4.69, 9.17) is 11.6 Å². The van der Waals surface area contributed by atoms with Gasteiger partial charge in [0.1, 0.15) is 0 Å². The lowest BCUT2D eigenvalue weighted by Crippen LogP contribution is -1.90. The van der Waals surface area contributed by atoms with E-state index in [9.17, 15) is 0 Å². The summed E-state index contributed by atoms with van der Waals surface area (Å²) in [5, 5.41) is 13.0. The van der Waals surface area contributed by atoms with Crippen LogP contribution in [-0.4, -0.2) is 20.0 Å². The highest BCUT2D eigenvalue weighted by molar-refractivity contribution is 6.35. The first-order chi connectivity index (χ1) is 6.86. The molecule has 0 bridgehead atoms. The monoisotopic (exact) mass is 204 g/mol. The van der Waals surface area contributed by atoms with Gasteiger partial charge in [0, 0.05) is 11.5 Å². The number of fused-ring (bicyclic) bond motifs is 3. The second-order valence-electron chi connectivity index (χ2n) is 2.96. The molecule has 0 aliphatic heterocycles. The molecule has 2 aromatic heterocycles. The Hall–Kier alpha value is -1.68. The number of hydrogen-bond acceptors (Lipinski definition) is 3. The second-order valence-corrected chi connectivity index (χ2v) is 3.37. The van der Waals surface area contributed by atoms with Crippen molar-refractivity contribution in [2.45, 2.75) is 0 Å². The molecule has 5 heteroatoms. The van der Waals surface area contributed by atoms with Crippen molar-refractivity contribution in [2.24, 2.45) is 0 Å². The molecule has 3 rings (SSSR count). The molecule has 4 nitrogen and oxygen atoms in total. The van der Waals surface area contributed by atoms with Crippen LogP contribution in [0.25, 0.3) is 16.6 Å². The summed E-state index contributed by atoms with van der Waals surface area (Å²) in [6.45, 7) is 0. The van der Waals surface area contributed by atoms with E-state index in [0.29, 0.717) is 10.7 Å². The molecular weight excluding hydrogens is 200 g/mol. The molecule has 0 aliphatic carbocycles. The van der Waals surface area contributed by atoms with Crippen LogP contribution in [0.1, 0.15) is 0 Å². The molecule has 0 N–H and O–H groups in total. The summed E-state index contributed by atoms with van der Waals surface area (Å²) in [7, 11) is 0. The van der Waals surface area contributed by atoms with Crippen molar-refractivity contribution in [2.75, 3.05) is 0 Å². The van der Waals surface area contributed by atoms with Gasteiger partial charge in [0.25, 0.3) is 0 Å². The van der Waals surface area contributed by atoms with Crippen LogP contribution in [0.5, 0.6) is 0 Å². The molecule has 0 radical (unpaired) electrons. The maximum atomic E-state index is 6.08. The van der Waals surface area contributed by atoms with Gasteiger partial charge in [-0.3, -0.25) is 0 Å². The summed E-state index contributed by atoms with van der Waals surface area (Å²) in [6, 6.07) is 9.50. The van der Waals surface area contributed by atoms with Crippen molar-refractivity contribution >= 4 is 28.2 Å². The Bertz CT molecular complexity index is 616. The van der Waals surface area contributed by atoms with Crippen molar-refractivity contribution in [1.82, 2.24) is 20.0 Å². The van der Waals surface area contributed by atoms with Gasteiger partial charge in [0.15, 0.2) is 5.65 Å². The lowest BCUT2D eigenvalue weighted by molar-refractivity contribution is 0.842. The first-order valence-corrected chi connectivity index (χ1v) is 4.49. The SMILES string of the molecule is Clc1cc2nnnn2c2ccccc12. The van der Waals surface area contributed by atoms with E-state index in [1.165, 1.54) is 0 Å². The smallest absolute Gasteiger partial charge is 0.181 e. The maximum absolute atomic E-state index is 6.08. The van der Waals surface area contributed by atoms with Gasteiger partial charge in [-0.15, -0.1) is 5.10 Å². The lowest BCUT2D eigenvalue weighted by atomic mass is 10.2. The lowest BCUT2D eigenvalue weighted by Gasteiger charge is -2.00. The molecule has 0 unspecified atom stereocenters. The minimum Gasteiger partial charge on any atom is -0.193 e. The summed E-state index contributed by atoms with van der Waals surface area (Å²) in [5.74, 6) is 0. The molecule has 0 atom stereocenters. The molecule has 3 aromatic rings. The van der Waals surface area contributed by atoms with Crippen LogP contribution in [0.15, 0.2) is 30.3 Å². The number of nitrogens with zero attached hydrogens (tertiary/aromatic N) is 4. The Balaban J connectivity index is 2.67. The molecule has 2 heterocycles. The average Bonchev–Trinajstić information content (AvgIpc) is 2.66. The quantitative estimate of drug-likeness (QED) is 0.562. The van der Waals surface area contributed by atoms with Gasteiger partial charge in [-0.1, -0.05) is 29.8 Å². The maximum Gasteiger partial charge on any atom is 0.181 e. The number of benzene rings is 1. The molecule has 0 fully saturated rings. The number of tetrazole rings is 1. The fraction of sp³-hybridized carbons (Fsp3) is 0. The number of para-hydroxylation sites is 1. The number of aromatic nitrogens is 4. The molecule has 1 aromatic carbocycles. The van der Waals surface area contributed by atoms with Crippen LogP contribution < -0.4 is 0 Å². The highest BCUT2D eigenvalue weighted by Gasteiger charge is 2.05. The minimum absolute atomic E-state index is 0.661. The largest absolute Gasteiger partial charge is 0.193 e. The molecule has 0 saturated heterocycles. The average molecular weight is 205 g/mol. The highest BCUT2D eigenvalue weighted by atomic mass is 35.5. The van der Waals surface area contributed by atoms with E-state index in [1.807, 2.05) is 24.3 Å². The summed E-state index contributed by atoms with van der Waals surface area (Å²) in [6.07, 6.45) is 0. The first kappa shape index (κ1) is 7.70. The molecule has 0 amide bonds. The Morgan fingerprint density at radius 2 is 2.07 bits per heavy atom. The summed E-state index contributed by atoms with van der Waals surface area (Å²) in [5.41, 5.74) is 1.58. The Morgan fingerprint density at radius 1 is 1.21 bits per heavy atom. The first-order valence-electron chi connectivity index (χ1n) is 4.11. The predicted octanol–water partition coefficient (Wildman–Crippen LogP) is 1.93. The van der Waals surface area contributed by atoms with Crippen LogP contribution in [0.3, 0.4) is 0 Å². The molecular formula is C9H5ClN4. The zero-order chi connectivity index (χ0) is 9.54. The molecule has 0 spiro atoms. The standard InChI is InChI=1S/C9H5ClN4/c10-7-5-9-11-12-13-14(9)8-4-2-1-3-6(7)8/h1-5H. The van der Waals surface area contributed by atoms with E-state index < -0.39 is 0 Å². The van der Waals surface area contributed by atoms with Gasteiger partial charge >= 0.3 is 0 Å². The van der Waals surface area contributed by atoms with E-state index in [0.717, 1.165) is 10.9 Å². The van der Waals surface area contributed by atoms with Crippen molar-refractivity contribution in [3.05, 3.63) is 35.4 Å². The molecule has 0 saturated carbocycles. The Morgan fingerprint density at radius 3 is 3.00 bits per heavy atom. The van der Waals surface area contributed by atoms with Gasteiger partial charge in [-0.25, -0.2) is 0 Å². The number of hydrogen-bond donors (Lipinski definition) is 0. The zero-order valence-electron chi connectivity index (χ0n) is 7.05. The fourth-order valence-corrected chi connectivity index (χ4v) is 1.76. The van der Waals surface area contributed by atoms with Gasteiger partial charge in [-0.2, -0.15) is 4.52 Å². The third-order valence-electron chi connectivity index (χ3n) is 2.14. The zero-order valence-corrected chi connectivity index (χ0v) is 7.81. The van der Waals surface area contributed by atoms with Crippen molar-refractivity contribution < 1.29 is 0 Å². The van der Waals surface area contributed by atoms with Crippen molar-refractivity contribution in [3.8, 4) is 0 Å². The Labute approximate surface area is 84.1 Å². The number of halogens is 1. The molecule has 0 aliphatic rings. The van der Waals surface area contributed by atoms with Crippen LogP contribution in [-0.2, 0) is 0 Å². The van der Waals surface area contributed by atoms with E-state index in [2.05, 4.69) is 15.5 Å². The second kappa shape index (κ2) is 2.65. The minimum atomic E-state index is 0.661. The summed E-state index contributed by atoms with van der Waals surface area (Å²) < 4.78 is 1.67. The van der Waals surface area contributed by atoms with Gasteiger partial charge in [0.05, 0.1) is 10.5 Å². The van der Waals surface area contributed by atoms with E-state index in [-0.39, 0.29) is 0 Å². The normalized spacial score (nSPS) is 11.2. The van der Waals surface area contributed by atoms with Crippen molar-refractivity contribution in [1.29, 1.82) is 0 Å². The predicted molar refractivity (Wildman–Crippen MR) is 53.3 cm³/mol. The van der Waals surface area contributed by atoms with Crippen LogP contribution >= 0.6 is 11.6 Å². The molecule has 14 heavy (non-hydrogen) atoms. The van der Waals surface area contributed by atoms with Gasteiger partial charge < -0.3 is 0 Å². The van der Waals surface area contributed by atoms with Crippen molar-refractivity contribution in [3.63, 3.8) is 0 Å².